The van der Waals surface area contributed by atoms with Crippen molar-refractivity contribution in [2.45, 2.75) is 20.0 Å². The van der Waals surface area contributed by atoms with Crippen molar-refractivity contribution in [1.29, 1.82) is 0 Å². The maximum absolute atomic E-state index is 11.7. The molecule has 0 aliphatic carbocycles. The number of rotatable bonds is 4. The number of amides is 1. The molecule has 0 aromatic heterocycles. The Morgan fingerprint density at radius 1 is 1.41 bits per heavy atom. The molecule has 0 fully saturated rings. The molecular weight excluding hydrogens is 218 g/mol. The Morgan fingerprint density at radius 3 is 2.59 bits per heavy atom. The average molecular weight is 235 g/mol. The molecule has 1 aromatic rings. The molecule has 0 heterocycles. The highest BCUT2D eigenvalue weighted by Crippen LogP contribution is 2.23. The van der Waals surface area contributed by atoms with Gasteiger partial charge in [-0.1, -0.05) is 12.1 Å². The first-order chi connectivity index (χ1) is 7.97. The van der Waals surface area contributed by atoms with E-state index >= 15 is 0 Å². The van der Waals surface area contributed by atoms with Crippen LogP contribution in [0.3, 0.4) is 0 Å². The summed E-state index contributed by atoms with van der Waals surface area (Å²) in [6, 6.07) is 5.29. The Kier molecular flexibility index (Phi) is 4.26. The van der Waals surface area contributed by atoms with Gasteiger partial charge in [-0.3, -0.25) is 9.59 Å². The van der Waals surface area contributed by atoms with Gasteiger partial charge in [0, 0.05) is 14.1 Å². The Labute approximate surface area is 101 Å². The van der Waals surface area contributed by atoms with E-state index in [1.54, 1.807) is 33.2 Å². The maximum Gasteiger partial charge on any atom is 0.262 e. The quantitative estimate of drug-likeness (QED) is 0.746. The van der Waals surface area contributed by atoms with E-state index < -0.39 is 6.10 Å². The number of hydrogen-bond donors (Lipinski definition) is 0. The summed E-state index contributed by atoms with van der Waals surface area (Å²) in [5.74, 6) is 0.343. The van der Waals surface area contributed by atoms with Gasteiger partial charge >= 0.3 is 0 Å². The molecule has 0 saturated carbocycles. The van der Waals surface area contributed by atoms with Crippen LogP contribution in [0.15, 0.2) is 18.2 Å². The van der Waals surface area contributed by atoms with Gasteiger partial charge in [-0.15, -0.1) is 0 Å². The predicted molar refractivity (Wildman–Crippen MR) is 65.4 cm³/mol. The van der Waals surface area contributed by atoms with Crippen LogP contribution in [0.4, 0.5) is 0 Å². The number of benzene rings is 1. The third-order valence-electron chi connectivity index (χ3n) is 2.45. The largest absolute Gasteiger partial charge is 0.480 e. The fraction of sp³-hybridized carbons (Fsp3) is 0.385. The Bertz CT molecular complexity index is 427. The van der Waals surface area contributed by atoms with Crippen LogP contribution in [-0.4, -0.2) is 37.3 Å². The minimum absolute atomic E-state index is 0.134. The van der Waals surface area contributed by atoms with Crippen LogP contribution in [0.25, 0.3) is 0 Å². The van der Waals surface area contributed by atoms with Crippen molar-refractivity contribution >= 4 is 12.2 Å². The van der Waals surface area contributed by atoms with Crippen molar-refractivity contribution in [2.24, 2.45) is 0 Å². The second-order valence-electron chi connectivity index (χ2n) is 4.10. The van der Waals surface area contributed by atoms with E-state index in [0.717, 1.165) is 11.8 Å². The molecule has 0 saturated heterocycles. The summed E-state index contributed by atoms with van der Waals surface area (Å²) in [5, 5.41) is 0. The third-order valence-corrected chi connectivity index (χ3v) is 2.45. The fourth-order valence-corrected chi connectivity index (χ4v) is 1.52. The summed E-state index contributed by atoms with van der Waals surface area (Å²) in [6.45, 7) is 3.51. The molecule has 92 valence electrons. The molecule has 4 nitrogen and oxygen atoms in total. The predicted octanol–water partition coefficient (Wildman–Crippen LogP) is 1.66. The highest BCUT2D eigenvalue weighted by atomic mass is 16.5. The molecule has 0 aliphatic rings. The van der Waals surface area contributed by atoms with Crippen molar-refractivity contribution in [1.82, 2.24) is 4.90 Å². The molecule has 1 atom stereocenters. The van der Waals surface area contributed by atoms with Gasteiger partial charge in [0.25, 0.3) is 5.91 Å². The lowest BCUT2D eigenvalue weighted by Crippen LogP contribution is -2.35. The molecule has 1 unspecified atom stereocenters. The minimum Gasteiger partial charge on any atom is -0.480 e. The Balaban J connectivity index is 2.95. The molecule has 0 radical (unpaired) electrons. The zero-order valence-electron chi connectivity index (χ0n) is 10.6. The van der Waals surface area contributed by atoms with Crippen LogP contribution in [-0.2, 0) is 4.79 Å². The highest BCUT2D eigenvalue weighted by Gasteiger charge is 2.18. The zero-order chi connectivity index (χ0) is 13.0. The van der Waals surface area contributed by atoms with Gasteiger partial charge < -0.3 is 9.64 Å². The zero-order valence-corrected chi connectivity index (χ0v) is 10.6. The van der Waals surface area contributed by atoms with Crippen LogP contribution in [0, 0.1) is 6.92 Å². The fourth-order valence-electron chi connectivity index (χ4n) is 1.52. The maximum atomic E-state index is 11.7. The second-order valence-corrected chi connectivity index (χ2v) is 4.10. The molecule has 1 amide bonds. The summed E-state index contributed by atoms with van der Waals surface area (Å²) >= 11 is 0. The SMILES string of the molecule is Cc1cccc(C=O)c1OC(C)C(=O)N(C)C. The number of carbonyl (C=O) groups excluding carboxylic acids is 2. The van der Waals surface area contributed by atoms with E-state index in [2.05, 4.69) is 0 Å². The highest BCUT2D eigenvalue weighted by molar-refractivity contribution is 5.82. The first-order valence-electron chi connectivity index (χ1n) is 5.40. The van der Waals surface area contributed by atoms with E-state index in [4.69, 9.17) is 4.74 Å². The molecule has 0 spiro atoms. The number of para-hydroxylation sites is 1. The standard InChI is InChI=1S/C13H17NO3/c1-9-6-5-7-11(8-15)12(9)17-10(2)13(16)14(3)4/h5-8,10H,1-4H3. The van der Waals surface area contributed by atoms with Gasteiger partial charge in [0.05, 0.1) is 5.56 Å². The van der Waals surface area contributed by atoms with E-state index in [1.807, 2.05) is 13.0 Å². The third kappa shape index (κ3) is 3.06. The average Bonchev–Trinajstić information content (AvgIpc) is 2.30. The van der Waals surface area contributed by atoms with Gasteiger partial charge in [-0.25, -0.2) is 0 Å². The number of carbonyl (C=O) groups is 2. The summed E-state index contributed by atoms with van der Waals surface area (Å²) in [4.78, 5) is 24.0. The monoisotopic (exact) mass is 235 g/mol. The van der Waals surface area contributed by atoms with E-state index in [0.29, 0.717) is 11.3 Å². The Hall–Kier alpha value is -1.84. The number of nitrogens with zero attached hydrogens (tertiary/aromatic N) is 1. The summed E-state index contributed by atoms with van der Waals surface area (Å²) in [6.07, 6.45) is 0.125. The van der Waals surface area contributed by atoms with Crippen LogP contribution in [0.5, 0.6) is 5.75 Å². The van der Waals surface area contributed by atoms with Gasteiger partial charge in [0.1, 0.15) is 5.75 Å². The van der Waals surface area contributed by atoms with Crippen molar-refractivity contribution in [2.75, 3.05) is 14.1 Å². The molecule has 0 N–H and O–H groups in total. The molecule has 0 aliphatic heterocycles. The van der Waals surface area contributed by atoms with Crippen LogP contribution < -0.4 is 4.74 Å². The number of hydrogen-bond acceptors (Lipinski definition) is 3. The minimum atomic E-state index is -0.607. The van der Waals surface area contributed by atoms with Crippen LogP contribution in [0.2, 0.25) is 0 Å². The van der Waals surface area contributed by atoms with Gasteiger partial charge in [0.2, 0.25) is 0 Å². The van der Waals surface area contributed by atoms with Crippen molar-refractivity contribution in [3.63, 3.8) is 0 Å². The summed E-state index contributed by atoms with van der Waals surface area (Å²) < 4.78 is 5.57. The van der Waals surface area contributed by atoms with Crippen LogP contribution in [0.1, 0.15) is 22.8 Å². The van der Waals surface area contributed by atoms with Gasteiger partial charge in [-0.2, -0.15) is 0 Å². The van der Waals surface area contributed by atoms with E-state index in [9.17, 15) is 9.59 Å². The Morgan fingerprint density at radius 2 is 2.06 bits per heavy atom. The molecule has 1 rings (SSSR count). The smallest absolute Gasteiger partial charge is 0.262 e. The topological polar surface area (TPSA) is 46.6 Å². The van der Waals surface area contributed by atoms with Crippen LogP contribution >= 0.6 is 0 Å². The van der Waals surface area contributed by atoms with E-state index in [1.165, 1.54) is 4.90 Å². The number of aldehydes is 1. The number of ether oxygens (including phenoxy) is 1. The van der Waals surface area contributed by atoms with Crippen molar-refractivity contribution in [3.8, 4) is 5.75 Å². The molecule has 17 heavy (non-hydrogen) atoms. The van der Waals surface area contributed by atoms with Crippen molar-refractivity contribution < 1.29 is 14.3 Å². The summed E-state index contributed by atoms with van der Waals surface area (Å²) in [5.41, 5.74) is 1.30. The molecule has 0 bridgehead atoms. The molecular formula is C13H17NO3. The first-order valence-corrected chi connectivity index (χ1v) is 5.40. The number of likely N-dealkylation sites (N-methyl/N-ethyl adjacent to an activating group) is 1. The number of aryl methyl sites for hydroxylation is 1. The lowest BCUT2D eigenvalue weighted by atomic mass is 10.1. The molecule has 1 aromatic carbocycles. The van der Waals surface area contributed by atoms with Gasteiger partial charge in [-0.05, 0) is 25.5 Å². The lowest BCUT2D eigenvalue weighted by molar-refractivity contribution is -0.135. The molecule has 4 heteroatoms. The first kappa shape index (κ1) is 13.2. The van der Waals surface area contributed by atoms with E-state index in [-0.39, 0.29) is 5.91 Å². The normalized spacial score (nSPS) is 11.8. The lowest BCUT2D eigenvalue weighted by Gasteiger charge is -2.20. The summed E-state index contributed by atoms with van der Waals surface area (Å²) in [7, 11) is 3.33. The van der Waals surface area contributed by atoms with Gasteiger partial charge in [0.15, 0.2) is 12.4 Å². The second kappa shape index (κ2) is 5.48. The van der Waals surface area contributed by atoms with Crippen molar-refractivity contribution in [3.05, 3.63) is 29.3 Å².